The molecule has 0 aliphatic carbocycles. The van der Waals surface area contributed by atoms with E-state index in [1.54, 1.807) is 0 Å². The Morgan fingerprint density at radius 1 is 0.786 bits per heavy atom. The van der Waals surface area contributed by atoms with E-state index in [-0.39, 0.29) is 33.1 Å². The van der Waals surface area contributed by atoms with E-state index in [9.17, 15) is 9.59 Å². The Kier molecular flexibility index (Phi) is 12.1. The monoisotopic (exact) mass is 196 g/mol. The van der Waals surface area contributed by atoms with Crippen molar-refractivity contribution in [3.8, 4) is 0 Å². The van der Waals surface area contributed by atoms with Crippen LogP contribution in [0.3, 0.4) is 0 Å². The van der Waals surface area contributed by atoms with Gasteiger partial charge in [-0.2, -0.15) is 0 Å². The number of hydrogen-bond acceptors (Lipinski definition) is 2. The topological polar surface area (TPSA) is 74.6 Å². The smallest absolute Gasteiger partial charge is 1.00 e. The third-order valence-electron chi connectivity index (χ3n) is 1.78. The molecule has 0 aromatic rings. The van der Waals surface area contributed by atoms with Crippen molar-refractivity contribution in [2.75, 3.05) is 0 Å². The molecule has 0 amide bonds. The molecule has 0 spiro atoms. The van der Waals surface area contributed by atoms with Gasteiger partial charge in [0.15, 0.2) is 0 Å². The minimum Gasteiger partial charge on any atom is -1.00 e. The van der Waals surface area contributed by atoms with Crippen LogP contribution in [0, 0.1) is 0 Å². The molecule has 0 aromatic carbocycles. The summed E-state index contributed by atoms with van der Waals surface area (Å²) in [4.78, 5) is 20.2. The summed E-state index contributed by atoms with van der Waals surface area (Å²) in [6, 6.07) is 0. The van der Waals surface area contributed by atoms with Crippen molar-refractivity contribution in [3.05, 3.63) is 0 Å². The van der Waals surface area contributed by atoms with Crippen LogP contribution in [0.25, 0.3) is 0 Å². The maximum Gasteiger partial charge on any atom is 1.00 e. The minimum absolute atomic E-state index is 0. The molecule has 2 N–H and O–H groups in total. The van der Waals surface area contributed by atoms with E-state index < -0.39 is 11.9 Å². The molecular weight excluding hydrogens is 179 g/mol. The second-order valence-corrected chi connectivity index (χ2v) is 3.06. The number of aliphatic carboxylic acids is 2. The average molecular weight is 196 g/mol. The largest absolute Gasteiger partial charge is 1.00 e. The number of unbranched alkanes of at least 4 members (excludes halogenated alkanes) is 4. The number of hydrogen-bond donors (Lipinski definition) is 2. The van der Waals surface area contributed by atoms with Gasteiger partial charge in [0.2, 0.25) is 0 Å². The number of carbonyl (C=O) groups is 2. The first kappa shape index (κ1) is 16.0. The van der Waals surface area contributed by atoms with Gasteiger partial charge in [-0.3, -0.25) is 9.59 Å². The summed E-state index contributed by atoms with van der Waals surface area (Å²) in [5.74, 6) is -1.52. The molecule has 0 bridgehead atoms. The molecule has 78 valence electrons. The van der Waals surface area contributed by atoms with E-state index in [1.165, 1.54) is 0 Å². The van der Waals surface area contributed by atoms with Crippen LogP contribution in [0.4, 0.5) is 0 Å². The van der Waals surface area contributed by atoms with Gasteiger partial charge >= 0.3 is 30.8 Å². The van der Waals surface area contributed by atoms with Crippen LogP contribution in [0.1, 0.15) is 46.4 Å². The summed E-state index contributed by atoms with van der Waals surface area (Å²) in [6.07, 6.45) is 4.53. The zero-order chi connectivity index (χ0) is 10.1. The van der Waals surface area contributed by atoms with Crippen LogP contribution in [0.2, 0.25) is 0 Å². The third-order valence-corrected chi connectivity index (χ3v) is 1.78. The maximum absolute atomic E-state index is 10.1. The molecule has 14 heavy (non-hydrogen) atoms. The number of carboxylic acid groups (broad SMARTS) is 2. The first-order chi connectivity index (χ1) is 6.13. The van der Waals surface area contributed by atoms with E-state index in [0.29, 0.717) is 12.8 Å². The molecule has 0 aromatic heterocycles. The Morgan fingerprint density at radius 3 is 1.36 bits per heavy atom. The van der Waals surface area contributed by atoms with Crippen molar-refractivity contribution in [3.63, 3.8) is 0 Å². The summed E-state index contributed by atoms with van der Waals surface area (Å²) in [5, 5.41) is 16.6. The first-order valence-corrected chi connectivity index (χ1v) is 4.56. The molecule has 0 saturated heterocycles. The van der Waals surface area contributed by atoms with Crippen molar-refractivity contribution >= 4 is 11.9 Å². The molecule has 0 saturated carbocycles. The van der Waals surface area contributed by atoms with Crippen LogP contribution in [0.5, 0.6) is 0 Å². The Balaban J connectivity index is -0.000000720. The maximum atomic E-state index is 10.1. The van der Waals surface area contributed by atoms with Crippen molar-refractivity contribution in [2.45, 2.75) is 44.9 Å². The average Bonchev–Trinajstić information content (AvgIpc) is 2.01. The SMILES string of the molecule is O=C(O)CCCCCCCC(=O)O.[H-].[Li+]. The predicted molar refractivity (Wildman–Crippen MR) is 48.7 cm³/mol. The van der Waals surface area contributed by atoms with Gasteiger partial charge < -0.3 is 11.6 Å². The minimum atomic E-state index is -0.759. The van der Waals surface area contributed by atoms with Gasteiger partial charge in [0.05, 0.1) is 0 Å². The summed E-state index contributed by atoms with van der Waals surface area (Å²) < 4.78 is 0. The Bertz CT molecular complexity index is 157. The quantitative estimate of drug-likeness (QED) is 0.386. The fourth-order valence-electron chi connectivity index (χ4n) is 1.08. The van der Waals surface area contributed by atoms with Crippen LogP contribution >= 0.6 is 0 Å². The summed E-state index contributed by atoms with van der Waals surface area (Å²) in [6.45, 7) is 0. The van der Waals surface area contributed by atoms with Crippen LogP contribution < -0.4 is 18.9 Å². The number of carboxylic acids is 2. The summed E-state index contributed by atoms with van der Waals surface area (Å²) >= 11 is 0. The molecule has 0 atom stereocenters. The van der Waals surface area contributed by atoms with E-state index in [4.69, 9.17) is 10.2 Å². The molecule has 0 aliphatic rings. The van der Waals surface area contributed by atoms with Gasteiger partial charge in [-0.15, -0.1) is 0 Å². The van der Waals surface area contributed by atoms with Crippen molar-refractivity contribution in [1.29, 1.82) is 0 Å². The van der Waals surface area contributed by atoms with Crippen molar-refractivity contribution in [2.24, 2.45) is 0 Å². The van der Waals surface area contributed by atoms with E-state index in [1.807, 2.05) is 0 Å². The zero-order valence-corrected chi connectivity index (χ0v) is 8.66. The Labute approximate surface area is 97.4 Å². The second-order valence-electron chi connectivity index (χ2n) is 3.06. The molecule has 0 fully saturated rings. The van der Waals surface area contributed by atoms with Gasteiger partial charge in [-0.1, -0.05) is 19.3 Å². The fourth-order valence-corrected chi connectivity index (χ4v) is 1.08. The molecule has 4 nitrogen and oxygen atoms in total. The molecule has 0 aliphatic heterocycles. The zero-order valence-electron chi connectivity index (χ0n) is 9.66. The van der Waals surface area contributed by atoms with E-state index in [2.05, 4.69) is 0 Å². The summed E-state index contributed by atoms with van der Waals surface area (Å²) in [5.41, 5.74) is 0. The molecule has 5 heteroatoms. The summed E-state index contributed by atoms with van der Waals surface area (Å²) in [7, 11) is 0. The molecule has 0 rings (SSSR count). The van der Waals surface area contributed by atoms with Crippen LogP contribution in [-0.4, -0.2) is 22.2 Å². The van der Waals surface area contributed by atoms with Gasteiger partial charge in [0.25, 0.3) is 0 Å². The van der Waals surface area contributed by atoms with Crippen LogP contribution in [-0.2, 0) is 9.59 Å². The van der Waals surface area contributed by atoms with E-state index >= 15 is 0 Å². The van der Waals surface area contributed by atoms with Gasteiger partial charge in [0, 0.05) is 12.8 Å². The van der Waals surface area contributed by atoms with Crippen LogP contribution in [0.15, 0.2) is 0 Å². The van der Waals surface area contributed by atoms with Gasteiger partial charge in [-0.25, -0.2) is 0 Å². The Morgan fingerprint density at radius 2 is 1.07 bits per heavy atom. The van der Waals surface area contributed by atoms with Gasteiger partial charge in [-0.05, 0) is 12.8 Å². The normalized spacial score (nSPS) is 9.14. The molecular formula is C9H17LiO4. The third kappa shape index (κ3) is 14.1. The van der Waals surface area contributed by atoms with E-state index in [0.717, 1.165) is 19.3 Å². The van der Waals surface area contributed by atoms with Crippen molar-refractivity contribution < 1.29 is 40.1 Å². The fraction of sp³-hybridized carbons (Fsp3) is 0.778. The molecule has 0 unspecified atom stereocenters. The first-order valence-electron chi connectivity index (χ1n) is 4.56. The molecule has 0 heterocycles. The molecule has 0 radical (unpaired) electrons. The second kappa shape index (κ2) is 10.6. The predicted octanol–water partition coefficient (Wildman–Crippen LogP) is -0.997. The van der Waals surface area contributed by atoms with Gasteiger partial charge in [0.1, 0.15) is 0 Å². The standard InChI is InChI=1S/C9H16O4.Li.H/c10-8(11)6-4-2-1-3-5-7-9(12)13;;/h1-7H2,(H,10,11)(H,12,13);;/q;+1;-1. The van der Waals surface area contributed by atoms with Crippen molar-refractivity contribution in [1.82, 2.24) is 0 Å². The number of rotatable bonds is 8. The Hall–Kier alpha value is -0.463.